The highest BCUT2D eigenvalue weighted by molar-refractivity contribution is 7.17. The largest absolute Gasteiger partial charge is 0.325 e. The molecule has 0 radical (unpaired) electrons. The molecule has 1 aliphatic heterocycles. The molecule has 2 aromatic rings. The van der Waals surface area contributed by atoms with Gasteiger partial charge in [0.2, 0.25) is 5.91 Å². The Bertz CT molecular complexity index is 1030. The third-order valence-electron chi connectivity index (χ3n) is 5.54. The minimum atomic E-state index is -0.802. The van der Waals surface area contributed by atoms with Crippen molar-refractivity contribution in [3.05, 3.63) is 47.1 Å². The summed E-state index contributed by atoms with van der Waals surface area (Å²) in [6.45, 7) is -0.0537. The van der Waals surface area contributed by atoms with E-state index in [0.717, 1.165) is 28.2 Å². The van der Waals surface area contributed by atoms with Gasteiger partial charge in [0.1, 0.15) is 11.4 Å². The minimum absolute atomic E-state index is 0.0537. The van der Waals surface area contributed by atoms with Crippen molar-refractivity contribution in [2.24, 2.45) is 0 Å². The van der Waals surface area contributed by atoms with E-state index in [1.807, 2.05) is 0 Å². The monoisotopic (exact) mass is 444 g/mol. The zero-order valence-electron chi connectivity index (χ0n) is 16.6. The Kier molecular flexibility index (Phi) is 5.73. The molecule has 4 rings (SSSR count). The zero-order valence-corrected chi connectivity index (χ0v) is 17.4. The topological polar surface area (TPSA) is 108 Å². The van der Waals surface area contributed by atoms with Gasteiger partial charge >= 0.3 is 6.03 Å². The SMILES string of the molecule is O=C(CCN1C(=O)NC2(CCCC2)C1=O)NNC(=O)c1ccc(-c2ccc(F)cc2)s1. The molecular formula is C21H21FN4O4S. The van der Waals surface area contributed by atoms with Gasteiger partial charge in [-0.1, -0.05) is 25.0 Å². The van der Waals surface area contributed by atoms with Crippen molar-refractivity contribution < 1.29 is 23.6 Å². The first-order valence-corrected chi connectivity index (χ1v) is 10.8. The fourth-order valence-corrected chi connectivity index (χ4v) is 4.80. The van der Waals surface area contributed by atoms with Crippen LogP contribution < -0.4 is 16.2 Å². The van der Waals surface area contributed by atoms with E-state index in [2.05, 4.69) is 16.2 Å². The second kappa shape index (κ2) is 8.46. The highest BCUT2D eigenvalue weighted by Crippen LogP contribution is 2.35. The number of nitrogens with zero attached hydrogens (tertiary/aromatic N) is 1. The average molecular weight is 444 g/mol. The molecule has 31 heavy (non-hydrogen) atoms. The molecule has 1 saturated carbocycles. The molecule has 1 aromatic carbocycles. The van der Waals surface area contributed by atoms with Crippen molar-refractivity contribution in [3.63, 3.8) is 0 Å². The number of amides is 5. The first kappa shape index (κ1) is 21.0. The van der Waals surface area contributed by atoms with Crippen LogP contribution in [-0.4, -0.2) is 40.7 Å². The van der Waals surface area contributed by atoms with E-state index < -0.39 is 23.4 Å². The molecule has 0 bridgehead atoms. The summed E-state index contributed by atoms with van der Waals surface area (Å²) >= 11 is 1.20. The number of hydrazine groups is 1. The van der Waals surface area contributed by atoms with Gasteiger partial charge in [-0.05, 0) is 42.7 Å². The fraction of sp³-hybridized carbons (Fsp3) is 0.333. The van der Waals surface area contributed by atoms with Gasteiger partial charge in [0.25, 0.3) is 11.8 Å². The molecule has 1 aromatic heterocycles. The highest BCUT2D eigenvalue weighted by atomic mass is 32.1. The summed E-state index contributed by atoms with van der Waals surface area (Å²) < 4.78 is 13.0. The molecule has 1 saturated heterocycles. The quantitative estimate of drug-likeness (QED) is 0.487. The second-order valence-corrected chi connectivity index (χ2v) is 8.68. The Hall–Kier alpha value is -3.27. The molecule has 0 atom stereocenters. The van der Waals surface area contributed by atoms with Crippen molar-refractivity contribution in [1.82, 2.24) is 21.1 Å². The van der Waals surface area contributed by atoms with Crippen LogP contribution in [0.2, 0.25) is 0 Å². The summed E-state index contributed by atoms with van der Waals surface area (Å²) in [5.74, 6) is -1.63. The van der Waals surface area contributed by atoms with Crippen molar-refractivity contribution >= 4 is 35.1 Å². The molecule has 0 unspecified atom stereocenters. The Morgan fingerprint density at radius 2 is 1.77 bits per heavy atom. The number of urea groups is 1. The van der Waals surface area contributed by atoms with Gasteiger partial charge in [-0.3, -0.25) is 30.1 Å². The Morgan fingerprint density at radius 3 is 2.48 bits per heavy atom. The predicted octanol–water partition coefficient (Wildman–Crippen LogP) is 2.57. The van der Waals surface area contributed by atoms with Gasteiger partial charge in [0.15, 0.2) is 0 Å². The van der Waals surface area contributed by atoms with Crippen LogP contribution in [0.25, 0.3) is 10.4 Å². The van der Waals surface area contributed by atoms with Crippen LogP contribution in [0.1, 0.15) is 41.8 Å². The molecule has 1 aliphatic carbocycles. The Morgan fingerprint density at radius 1 is 1.06 bits per heavy atom. The third-order valence-corrected chi connectivity index (χ3v) is 6.67. The van der Waals surface area contributed by atoms with Crippen LogP contribution in [0.15, 0.2) is 36.4 Å². The highest BCUT2D eigenvalue weighted by Gasteiger charge is 2.52. The summed E-state index contributed by atoms with van der Waals surface area (Å²) in [6, 6.07) is 8.80. The number of carbonyl (C=O) groups excluding carboxylic acids is 4. The summed E-state index contributed by atoms with van der Waals surface area (Å²) in [7, 11) is 0. The first-order chi connectivity index (χ1) is 14.9. The average Bonchev–Trinajstić information content (AvgIpc) is 3.47. The molecule has 2 fully saturated rings. The zero-order chi connectivity index (χ0) is 22.0. The van der Waals surface area contributed by atoms with Gasteiger partial charge in [-0.2, -0.15) is 0 Å². The van der Waals surface area contributed by atoms with E-state index in [1.54, 1.807) is 24.3 Å². The van der Waals surface area contributed by atoms with Crippen molar-refractivity contribution in [3.8, 4) is 10.4 Å². The summed E-state index contributed by atoms with van der Waals surface area (Å²) in [4.78, 5) is 51.3. The van der Waals surface area contributed by atoms with Crippen LogP contribution >= 0.6 is 11.3 Å². The number of rotatable bonds is 5. The molecule has 10 heteroatoms. The van der Waals surface area contributed by atoms with Crippen LogP contribution in [0, 0.1) is 5.82 Å². The minimum Gasteiger partial charge on any atom is -0.323 e. The molecule has 5 amide bonds. The number of carbonyl (C=O) groups is 4. The van der Waals surface area contributed by atoms with E-state index in [1.165, 1.54) is 23.5 Å². The Balaban J connectivity index is 1.26. The first-order valence-electron chi connectivity index (χ1n) is 9.97. The van der Waals surface area contributed by atoms with Crippen molar-refractivity contribution in [2.75, 3.05) is 6.54 Å². The smallest absolute Gasteiger partial charge is 0.323 e. The van der Waals surface area contributed by atoms with Gasteiger partial charge in [0, 0.05) is 17.8 Å². The van der Waals surface area contributed by atoms with Crippen LogP contribution in [0.5, 0.6) is 0 Å². The fourth-order valence-electron chi connectivity index (χ4n) is 3.89. The van der Waals surface area contributed by atoms with Gasteiger partial charge in [0.05, 0.1) is 4.88 Å². The summed E-state index contributed by atoms with van der Waals surface area (Å²) in [6.07, 6.45) is 2.89. The van der Waals surface area contributed by atoms with E-state index in [-0.39, 0.29) is 24.7 Å². The lowest BCUT2D eigenvalue weighted by Gasteiger charge is -2.19. The second-order valence-electron chi connectivity index (χ2n) is 7.60. The molecule has 2 aliphatic rings. The third kappa shape index (κ3) is 4.29. The number of benzene rings is 1. The predicted molar refractivity (Wildman–Crippen MR) is 111 cm³/mol. The lowest BCUT2D eigenvalue weighted by atomic mass is 9.98. The lowest BCUT2D eigenvalue weighted by molar-refractivity contribution is -0.131. The number of halogens is 1. The maximum Gasteiger partial charge on any atom is 0.325 e. The van der Waals surface area contributed by atoms with Crippen LogP contribution in [-0.2, 0) is 9.59 Å². The van der Waals surface area contributed by atoms with E-state index >= 15 is 0 Å². The van der Waals surface area contributed by atoms with Gasteiger partial charge in [-0.15, -0.1) is 11.3 Å². The molecule has 2 heterocycles. The number of thiophene rings is 1. The number of nitrogens with one attached hydrogen (secondary N) is 3. The van der Waals surface area contributed by atoms with E-state index in [9.17, 15) is 23.6 Å². The van der Waals surface area contributed by atoms with E-state index in [4.69, 9.17) is 0 Å². The van der Waals surface area contributed by atoms with Gasteiger partial charge in [-0.25, -0.2) is 9.18 Å². The van der Waals surface area contributed by atoms with E-state index in [0.29, 0.717) is 17.7 Å². The number of hydrogen-bond donors (Lipinski definition) is 3. The normalized spacial score (nSPS) is 17.1. The van der Waals surface area contributed by atoms with Gasteiger partial charge < -0.3 is 5.32 Å². The molecule has 8 nitrogen and oxygen atoms in total. The van der Waals surface area contributed by atoms with Crippen molar-refractivity contribution in [1.29, 1.82) is 0 Å². The number of imide groups is 1. The molecule has 1 spiro atoms. The van der Waals surface area contributed by atoms with Crippen LogP contribution in [0.3, 0.4) is 0 Å². The molecular weight excluding hydrogens is 423 g/mol. The van der Waals surface area contributed by atoms with Crippen LogP contribution in [0.4, 0.5) is 9.18 Å². The van der Waals surface area contributed by atoms with Crippen molar-refractivity contribution in [2.45, 2.75) is 37.6 Å². The Labute approximate surface area is 181 Å². The maximum atomic E-state index is 13.0. The summed E-state index contributed by atoms with van der Waals surface area (Å²) in [5, 5.41) is 2.76. The number of hydrogen-bond acceptors (Lipinski definition) is 5. The lowest BCUT2D eigenvalue weighted by Crippen LogP contribution is -2.45. The molecule has 3 N–H and O–H groups in total. The standard InChI is InChI=1S/C21H21FN4O4S/c22-14-5-3-13(4-6-14)15-7-8-16(31-15)18(28)25-24-17(27)9-12-26-19(29)21(23-20(26)30)10-1-2-11-21/h3-8H,1-2,9-12H2,(H,23,30)(H,24,27)(H,25,28). The summed E-state index contributed by atoms with van der Waals surface area (Å²) in [5.41, 5.74) is 4.61. The molecule has 162 valence electrons. The maximum absolute atomic E-state index is 13.0.